The van der Waals surface area contributed by atoms with Gasteiger partial charge in [0.05, 0.1) is 5.39 Å². The lowest BCUT2D eigenvalue weighted by molar-refractivity contribution is -0.210. The fourth-order valence-corrected chi connectivity index (χ4v) is 4.39. The first kappa shape index (κ1) is 18.0. The van der Waals surface area contributed by atoms with Gasteiger partial charge in [0.1, 0.15) is 17.8 Å². The maximum absolute atomic E-state index is 12.6. The maximum Gasteiger partial charge on any atom is 0.423 e. The van der Waals surface area contributed by atoms with Crippen LogP contribution in [0, 0.1) is 11.8 Å². The summed E-state index contributed by atoms with van der Waals surface area (Å²) in [6, 6.07) is 2.10. The number of nitrogens with one attached hydrogen (secondary N) is 1. The van der Waals surface area contributed by atoms with Gasteiger partial charge in [0.15, 0.2) is 0 Å². The Morgan fingerprint density at radius 2 is 2.00 bits per heavy atom. The molecule has 2 N–H and O–H groups in total. The molecular weight excluding hydrogens is 363 g/mol. The number of alkyl halides is 3. The number of H-pyrrole nitrogens is 1. The van der Waals surface area contributed by atoms with Gasteiger partial charge in [0, 0.05) is 32.4 Å². The molecule has 2 unspecified atom stereocenters. The molecule has 0 radical (unpaired) electrons. The number of halogens is 3. The van der Waals surface area contributed by atoms with Crippen LogP contribution in [0.3, 0.4) is 0 Å². The molecule has 0 bridgehead atoms. The van der Waals surface area contributed by atoms with E-state index in [2.05, 4.69) is 19.9 Å². The van der Waals surface area contributed by atoms with Gasteiger partial charge in [-0.15, -0.1) is 0 Å². The number of aromatic nitrogens is 3. The van der Waals surface area contributed by atoms with E-state index in [1.54, 1.807) is 6.20 Å². The lowest BCUT2D eigenvalue weighted by Crippen LogP contribution is -2.46. The van der Waals surface area contributed by atoms with E-state index in [9.17, 15) is 23.1 Å². The molecule has 2 aromatic heterocycles. The smallest absolute Gasteiger partial charge is 0.376 e. The fourth-order valence-electron chi connectivity index (χ4n) is 4.39. The molecule has 1 saturated carbocycles. The topological polar surface area (TPSA) is 85.4 Å². The molecule has 4 rings (SSSR count). The molecule has 0 spiro atoms. The van der Waals surface area contributed by atoms with Crippen molar-refractivity contribution in [3.05, 3.63) is 18.6 Å². The summed E-state index contributed by atoms with van der Waals surface area (Å²) in [7, 11) is 1.96. The predicted molar refractivity (Wildman–Crippen MR) is 90.9 cm³/mol. The summed E-state index contributed by atoms with van der Waals surface area (Å²) >= 11 is 0. The van der Waals surface area contributed by atoms with Crippen molar-refractivity contribution in [1.82, 2.24) is 19.9 Å². The molecule has 1 saturated heterocycles. The van der Waals surface area contributed by atoms with E-state index in [0.717, 1.165) is 34.6 Å². The lowest BCUT2D eigenvalue weighted by Gasteiger charge is -2.28. The summed E-state index contributed by atoms with van der Waals surface area (Å²) in [6.45, 7) is 0.509. The SMILES string of the molecule is CN(c1ncnc2[nH]ccc12)C1CC2CN(C(=O)[C@H](O)C(F)(F)F)CC2C1. The Morgan fingerprint density at radius 3 is 2.63 bits per heavy atom. The van der Waals surface area contributed by atoms with Crippen LogP contribution >= 0.6 is 0 Å². The van der Waals surface area contributed by atoms with Crippen LogP contribution in [0.5, 0.6) is 0 Å². The van der Waals surface area contributed by atoms with E-state index in [0.29, 0.717) is 0 Å². The van der Waals surface area contributed by atoms with E-state index in [-0.39, 0.29) is 31.0 Å². The van der Waals surface area contributed by atoms with Crippen molar-refractivity contribution in [3.8, 4) is 0 Å². The predicted octanol–water partition coefficient (Wildman–Crippen LogP) is 1.55. The van der Waals surface area contributed by atoms with Gasteiger partial charge in [-0.05, 0) is 30.7 Å². The number of hydrogen-bond acceptors (Lipinski definition) is 5. The van der Waals surface area contributed by atoms with Crippen LogP contribution in [0.15, 0.2) is 18.6 Å². The zero-order valence-electron chi connectivity index (χ0n) is 14.6. The minimum Gasteiger partial charge on any atom is -0.376 e. The molecule has 0 aromatic carbocycles. The number of aliphatic hydroxyl groups is 1. The first-order chi connectivity index (χ1) is 12.8. The molecule has 10 heteroatoms. The van der Waals surface area contributed by atoms with Crippen molar-refractivity contribution in [2.75, 3.05) is 25.0 Å². The third-order valence-electron chi connectivity index (χ3n) is 5.80. The van der Waals surface area contributed by atoms with E-state index in [1.807, 2.05) is 13.1 Å². The highest BCUT2D eigenvalue weighted by Gasteiger charge is 2.50. The Balaban J connectivity index is 1.43. The number of carbonyl (C=O) groups excluding carboxylic acids is 1. The monoisotopic (exact) mass is 383 g/mol. The summed E-state index contributed by atoms with van der Waals surface area (Å²) in [5.74, 6) is -0.172. The van der Waals surface area contributed by atoms with Gasteiger partial charge in [-0.3, -0.25) is 4.79 Å². The van der Waals surface area contributed by atoms with Gasteiger partial charge in [-0.25, -0.2) is 9.97 Å². The highest BCUT2D eigenvalue weighted by atomic mass is 19.4. The number of amides is 1. The number of fused-ring (bicyclic) bond motifs is 2. The summed E-state index contributed by atoms with van der Waals surface area (Å²) in [5.41, 5.74) is 0.753. The molecule has 2 fully saturated rings. The van der Waals surface area contributed by atoms with Crippen molar-refractivity contribution >= 4 is 22.8 Å². The number of aromatic amines is 1. The van der Waals surface area contributed by atoms with Crippen LogP contribution < -0.4 is 4.90 Å². The van der Waals surface area contributed by atoms with Gasteiger partial charge < -0.3 is 19.9 Å². The Labute approximate surface area is 153 Å². The zero-order chi connectivity index (χ0) is 19.3. The van der Waals surface area contributed by atoms with Gasteiger partial charge in [-0.1, -0.05) is 0 Å². The molecule has 146 valence electrons. The van der Waals surface area contributed by atoms with Gasteiger partial charge in [-0.2, -0.15) is 13.2 Å². The fraction of sp³-hybridized carbons (Fsp3) is 0.588. The average Bonchev–Trinajstić information content (AvgIpc) is 3.32. The molecule has 3 atom stereocenters. The number of rotatable bonds is 3. The second-order valence-electron chi connectivity index (χ2n) is 7.38. The van der Waals surface area contributed by atoms with Crippen LogP contribution in [-0.4, -0.2) is 69.3 Å². The average molecular weight is 383 g/mol. The highest BCUT2D eigenvalue weighted by Crippen LogP contribution is 2.42. The van der Waals surface area contributed by atoms with Crippen LogP contribution in [0.2, 0.25) is 0 Å². The third-order valence-corrected chi connectivity index (χ3v) is 5.80. The number of anilines is 1. The summed E-state index contributed by atoms with van der Waals surface area (Å²) in [6.07, 6.45) is -3.02. The van der Waals surface area contributed by atoms with Crippen LogP contribution in [0.25, 0.3) is 11.0 Å². The van der Waals surface area contributed by atoms with Crippen LogP contribution in [-0.2, 0) is 4.79 Å². The Hall–Kier alpha value is -2.36. The van der Waals surface area contributed by atoms with Crippen molar-refractivity contribution in [2.45, 2.75) is 31.2 Å². The molecule has 27 heavy (non-hydrogen) atoms. The lowest BCUT2D eigenvalue weighted by atomic mass is 10.0. The Bertz CT molecular complexity index is 840. The minimum absolute atomic E-state index is 0.130. The molecule has 1 aliphatic heterocycles. The van der Waals surface area contributed by atoms with E-state index >= 15 is 0 Å². The van der Waals surface area contributed by atoms with Gasteiger partial charge in [0.25, 0.3) is 5.91 Å². The van der Waals surface area contributed by atoms with Gasteiger partial charge in [0.2, 0.25) is 6.10 Å². The molecule has 2 aromatic rings. The number of hydrogen-bond donors (Lipinski definition) is 2. The highest BCUT2D eigenvalue weighted by molar-refractivity contribution is 5.87. The van der Waals surface area contributed by atoms with Crippen molar-refractivity contribution < 1.29 is 23.1 Å². The van der Waals surface area contributed by atoms with Crippen LogP contribution in [0.4, 0.5) is 19.0 Å². The number of carbonyl (C=O) groups is 1. The van der Waals surface area contributed by atoms with Crippen LogP contribution in [0.1, 0.15) is 12.8 Å². The second kappa shape index (κ2) is 6.36. The third kappa shape index (κ3) is 3.11. The van der Waals surface area contributed by atoms with Crippen molar-refractivity contribution in [1.29, 1.82) is 0 Å². The molecule has 2 aliphatic rings. The van der Waals surface area contributed by atoms with E-state index in [4.69, 9.17) is 0 Å². The van der Waals surface area contributed by atoms with Gasteiger partial charge >= 0.3 is 6.18 Å². The Kier molecular flexibility index (Phi) is 4.25. The van der Waals surface area contributed by atoms with E-state index in [1.165, 1.54) is 6.33 Å². The summed E-state index contributed by atoms with van der Waals surface area (Å²) in [4.78, 5) is 26.8. The minimum atomic E-state index is -4.92. The summed E-state index contributed by atoms with van der Waals surface area (Å²) < 4.78 is 37.7. The quantitative estimate of drug-likeness (QED) is 0.840. The number of likely N-dealkylation sites (tertiary alicyclic amines) is 1. The molecular formula is C17H20F3N5O2. The second-order valence-corrected chi connectivity index (χ2v) is 7.38. The zero-order valence-corrected chi connectivity index (χ0v) is 14.6. The summed E-state index contributed by atoms with van der Waals surface area (Å²) in [5, 5.41) is 10.1. The largest absolute Gasteiger partial charge is 0.423 e. The Morgan fingerprint density at radius 1 is 1.33 bits per heavy atom. The van der Waals surface area contributed by atoms with Crippen molar-refractivity contribution in [2.24, 2.45) is 11.8 Å². The van der Waals surface area contributed by atoms with Crippen molar-refractivity contribution in [3.63, 3.8) is 0 Å². The first-order valence-corrected chi connectivity index (χ1v) is 8.80. The normalized spacial score (nSPS) is 26.4. The number of nitrogens with zero attached hydrogens (tertiary/aromatic N) is 4. The first-order valence-electron chi connectivity index (χ1n) is 8.80. The molecule has 7 nitrogen and oxygen atoms in total. The number of aliphatic hydroxyl groups excluding tert-OH is 1. The van der Waals surface area contributed by atoms with E-state index < -0.39 is 18.2 Å². The molecule has 3 heterocycles. The maximum atomic E-state index is 12.6. The standard InChI is InChI=1S/C17H20F3N5O2/c1-24(15-12-2-3-21-14(12)22-8-23-15)11-4-9-6-25(7-10(9)5-11)16(27)13(26)17(18,19)20/h2-3,8-11,13,26H,4-7H2,1H3,(H,21,22,23)/t9?,10?,11?,13-/m0/s1. The molecule has 1 amide bonds. The molecule has 1 aliphatic carbocycles.